The molecule has 8 heteroatoms. The zero-order valence-electron chi connectivity index (χ0n) is 17.6. The summed E-state index contributed by atoms with van der Waals surface area (Å²) in [5.41, 5.74) is 2.93. The molecule has 5 nitrogen and oxygen atoms in total. The number of nitrogens with zero attached hydrogens (tertiary/aromatic N) is 1. The van der Waals surface area contributed by atoms with Crippen molar-refractivity contribution in [2.24, 2.45) is 0 Å². The number of carbonyl (C=O) groups excluding carboxylic acids is 2. The maximum Gasteiger partial charge on any atom is 0.270 e. The molecule has 4 rings (SSSR count). The van der Waals surface area contributed by atoms with E-state index in [0.717, 1.165) is 11.1 Å². The van der Waals surface area contributed by atoms with Gasteiger partial charge in [0.05, 0.1) is 10.6 Å². The number of rotatable bonds is 6. The second-order valence-electron chi connectivity index (χ2n) is 7.16. The van der Waals surface area contributed by atoms with E-state index >= 15 is 0 Å². The Labute approximate surface area is 206 Å². The number of amides is 2. The summed E-state index contributed by atoms with van der Waals surface area (Å²) in [7, 11) is 0. The Kier molecular flexibility index (Phi) is 7.13. The highest BCUT2D eigenvalue weighted by molar-refractivity contribution is 8.27. The van der Waals surface area contributed by atoms with Gasteiger partial charge in [-0.1, -0.05) is 72.0 Å². The van der Waals surface area contributed by atoms with E-state index in [2.05, 4.69) is 5.32 Å². The summed E-state index contributed by atoms with van der Waals surface area (Å²) in [4.78, 5) is 26.3. The first kappa shape index (κ1) is 23.0. The first-order chi connectivity index (χ1) is 15.9. The minimum absolute atomic E-state index is 0.160. The van der Waals surface area contributed by atoms with Crippen LogP contribution in [0.1, 0.15) is 18.1 Å². The third kappa shape index (κ3) is 5.45. The second kappa shape index (κ2) is 10.2. The van der Waals surface area contributed by atoms with Gasteiger partial charge in [0.2, 0.25) is 5.91 Å². The Hall–Kier alpha value is -3.13. The van der Waals surface area contributed by atoms with Gasteiger partial charge < -0.3 is 10.1 Å². The molecule has 0 bridgehead atoms. The van der Waals surface area contributed by atoms with E-state index in [1.165, 1.54) is 23.6 Å². The molecule has 1 fully saturated rings. The van der Waals surface area contributed by atoms with Gasteiger partial charge in [-0.15, -0.1) is 0 Å². The van der Waals surface area contributed by atoms with Gasteiger partial charge in [0.25, 0.3) is 5.91 Å². The third-order valence-electron chi connectivity index (χ3n) is 4.79. The molecule has 0 radical (unpaired) electrons. The molecule has 0 spiro atoms. The van der Waals surface area contributed by atoms with Crippen LogP contribution in [-0.2, 0) is 16.2 Å². The van der Waals surface area contributed by atoms with Gasteiger partial charge in [-0.3, -0.25) is 14.5 Å². The molecule has 1 N–H and O–H groups in total. The highest BCUT2D eigenvalue weighted by atomic mass is 35.5. The molecule has 0 saturated carbocycles. The Bertz CT molecular complexity index is 1260. The fourth-order valence-corrected chi connectivity index (χ4v) is 4.71. The van der Waals surface area contributed by atoms with Crippen LogP contribution < -0.4 is 15.0 Å². The number of thiocarbonyl (C=S) groups is 1. The standard InChI is InChI=1S/C25H19ClN2O3S2/c1-16(29)27-19-10-12-20(13-11-19)28-24(30)23(33-25(28)32)14-17-6-3-5-9-22(17)31-15-18-7-2-4-8-21(18)26/h2-14H,15H2,1H3,(H,27,29)/b23-14-. The fraction of sp³-hybridized carbons (Fsp3) is 0.0800. The van der Waals surface area contributed by atoms with E-state index in [-0.39, 0.29) is 11.8 Å². The number of thioether (sulfide) groups is 1. The molecule has 1 aliphatic rings. The lowest BCUT2D eigenvalue weighted by atomic mass is 10.1. The van der Waals surface area contributed by atoms with Crippen LogP contribution in [0.2, 0.25) is 5.02 Å². The number of halogens is 1. The summed E-state index contributed by atoms with van der Waals surface area (Å²) < 4.78 is 6.44. The molecule has 1 heterocycles. The molecule has 0 aromatic heterocycles. The third-order valence-corrected chi connectivity index (χ3v) is 6.46. The largest absolute Gasteiger partial charge is 0.488 e. The molecule has 33 heavy (non-hydrogen) atoms. The normalized spacial score (nSPS) is 14.6. The van der Waals surface area contributed by atoms with Crippen molar-refractivity contribution < 1.29 is 14.3 Å². The summed E-state index contributed by atoms with van der Waals surface area (Å²) in [6, 6.07) is 22.0. The van der Waals surface area contributed by atoms with Gasteiger partial charge in [0.1, 0.15) is 12.4 Å². The molecule has 0 unspecified atom stereocenters. The summed E-state index contributed by atoms with van der Waals surface area (Å²) in [5.74, 6) is 0.271. The van der Waals surface area contributed by atoms with E-state index < -0.39 is 0 Å². The number of para-hydroxylation sites is 1. The first-order valence-corrected chi connectivity index (χ1v) is 11.6. The van der Waals surface area contributed by atoms with Crippen molar-refractivity contribution in [1.82, 2.24) is 0 Å². The van der Waals surface area contributed by atoms with Gasteiger partial charge in [0.15, 0.2) is 4.32 Å². The van der Waals surface area contributed by atoms with Crippen molar-refractivity contribution in [3.8, 4) is 5.75 Å². The van der Waals surface area contributed by atoms with Crippen LogP contribution in [0.25, 0.3) is 6.08 Å². The van der Waals surface area contributed by atoms with E-state index in [0.29, 0.717) is 38.0 Å². The smallest absolute Gasteiger partial charge is 0.270 e. The summed E-state index contributed by atoms with van der Waals surface area (Å²) in [6.07, 6.45) is 1.78. The van der Waals surface area contributed by atoms with Crippen molar-refractivity contribution in [2.75, 3.05) is 10.2 Å². The van der Waals surface area contributed by atoms with E-state index in [9.17, 15) is 9.59 Å². The van der Waals surface area contributed by atoms with Gasteiger partial charge in [-0.2, -0.15) is 0 Å². The van der Waals surface area contributed by atoms with Crippen molar-refractivity contribution in [3.63, 3.8) is 0 Å². The number of carbonyl (C=O) groups is 2. The molecule has 1 aliphatic heterocycles. The van der Waals surface area contributed by atoms with E-state index in [1.54, 1.807) is 30.3 Å². The number of anilines is 2. The van der Waals surface area contributed by atoms with Crippen LogP contribution in [0.15, 0.2) is 77.7 Å². The molecule has 3 aromatic carbocycles. The minimum atomic E-state index is -0.210. The summed E-state index contributed by atoms with van der Waals surface area (Å²) in [6.45, 7) is 1.75. The van der Waals surface area contributed by atoms with Crippen molar-refractivity contribution in [2.45, 2.75) is 13.5 Å². The Morgan fingerprint density at radius 3 is 2.52 bits per heavy atom. The average Bonchev–Trinajstić information content (AvgIpc) is 3.07. The zero-order valence-corrected chi connectivity index (χ0v) is 20.0. The summed E-state index contributed by atoms with van der Waals surface area (Å²) in [5, 5.41) is 3.35. The van der Waals surface area contributed by atoms with Crippen LogP contribution >= 0.6 is 35.6 Å². The van der Waals surface area contributed by atoms with Crippen molar-refractivity contribution >= 4 is 69.2 Å². The maximum atomic E-state index is 13.1. The molecular formula is C25H19ClN2O3S2. The van der Waals surface area contributed by atoms with Crippen molar-refractivity contribution in [1.29, 1.82) is 0 Å². The molecule has 3 aromatic rings. The Balaban J connectivity index is 1.54. The monoisotopic (exact) mass is 494 g/mol. The number of hydrogen-bond acceptors (Lipinski definition) is 5. The molecule has 0 aliphatic carbocycles. The van der Waals surface area contributed by atoms with Gasteiger partial charge in [0, 0.05) is 28.8 Å². The maximum absolute atomic E-state index is 13.1. The topological polar surface area (TPSA) is 58.6 Å². The predicted octanol–water partition coefficient (Wildman–Crippen LogP) is 6.28. The Morgan fingerprint density at radius 1 is 1.09 bits per heavy atom. The van der Waals surface area contributed by atoms with Gasteiger partial charge in [-0.25, -0.2) is 0 Å². The van der Waals surface area contributed by atoms with Crippen LogP contribution in [0.3, 0.4) is 0 Å². The lowest BCUT2D eigenvalue weighted by Gasteiger charge is -2.15. The van der Waals surface area contributed by atoms with E-state index in [1.807, 2.05) is 48.5 Å². The van der Waals surface area contributed by atoms with Crippen LogP contribution in [0.4, 0.5) is 11.4 Å². The highest BCUT2D eigenvalue weighted by Gasteiger charge is 2.33. The quantitative estimate of drug-likeness (QED) is 0.322. The summed E-state index contributed by atoms with van der Waals surface area (Å²) >= 11 is 12.9. The molecule has 0 atom stereocenters. The molecule has 166 valence electrons. The first-order valence-electron chi connectivity index (χ1n) is 10.0. The lowest BCUT2D eigenvalue weighted by Crippen LogP contribution is -2.27. The minimum Gasteiger partial charge on any atom is -0.488 e. The van der Waals surface area contributed by atoms with Crippen LogP contribution in [-0.4, -0.2) is 16.1 Å². The Morgan fingerprint density at radius 2 is 1.79 bits per heavy atom. The van der Waals surface area contributed by atoms with E-state index in [4.69, 9.17) is 28.6 Å². The zero-order chi connectivity index (χ0) is 23.4. The number of hydrogen-bond donors (Lipinski definition) is 1. The van der Waals surface area contributed by atoms with Crippen LogP contribution in [0.5, 0.6) is 5.75 Å². The predicted molar refractivity (Wildman–Crippen MR) is 139 cm³/mol. The fourth-order valence-electron chi connectivity index (χ4n) is 3.23. The molecular weight excluding hydrogens is 476 g/mol. The highest BCUT2D eigenvalue weighted by Crippen LogP contribution is 2.37. The van der Waals surface area contributed by atoms with Crippen LogP contribution in [0, 0.1) is 0 Å². The van der Waals surface area contributed by atoms with Gasteiger partial charge >= 0.3 is 0 Å². The second-order valence-corrected chi connectivity index (χ2v) is 9.25. The van der Waals surface area contributed by atoms with Gasteiger partial charge in [-0.05, 0) is 42.5 Å². The molecule has 2 amide bonds. The number of benzene rings is 3. The molecule has 1 saturated heterocycles. The van der Waals surface area contributed by atoms with Crippen molar-refractivity contribution in [3.05, 3.63) is 93.9 Å². The SMILES string of the molecule is CC(=O)Nc1ccc(N2C(=O)/C(=C/c3ccccc3OCc3ccccc3Cl)SC2=S)cc1. The lowest BCUT2D eigenvalue weighted by molar-refractivity contribution is -0.114. The number of nitrogens with one attached hydrogen (secondary N) is 1. The average molecular weight is 495 g/mol. The number of ether oxygens (including phenoxy) is 1.